The zero-order valence-corrected chi connectivity index (χ0v) is 11.1. The van der Waals surface area contributed by atoms with Gasteiger partial charge in [-0.25, -0.2) is 0 Å². The van der Waals surface area contributed by atoms with Gasteiger partial charge in [-0.3, -0.25) is 4.79 Å². The first-order valence-electron chi connectivity index (χ1n) is 5.28. The number of benzene rings is 2. The van der Waals surface area contributed by atoms with Gasteiger partial charge >= 0.3 is 0 Å². The Labute approximate surface area is 113 Å². The normalized spacial score (nSPS) is 10.1. The third kappa shape index (κ3) is 2.81. The molecule has 0 aliphatic rings. The highest BCUT2D eigenvalue weighted by Crippen LogP contribution is 2.25. The van der Waals surface area contributed by atoms with Crippen molar-refractivity contribution in [2.45, 2.75) is 0 Å². The molecule has 0 radical (unpaired) electrons. The fourth-order valence-electron chi connectivity index (χ4n) is 1.54. The van der Waals surface area contributed by atoms with Gasteiger partial charge in [0.1, 0.15) is 0 Å². The summed E-state index contributed by atoms with van der Waals surface area (Å²) in [5.74, 6) is -0.479. The highest BCUT2D eigenvalue weighted by atomic mass is 79.9. The zero-order valence-electron chi connectivity index (χ0n) is 9.48. The van der Waals surface area contributed by atoms with E-state index >= 15 is 0 Å². The van der Waals surface area contributed by atoms with Gasteiger partial charge in [-0.15, -0.1) is 0 Å². The van der Waals surface area contributed by atoms with Crippen molar-refractivity contribution in [3.05, 3.63) is 52.5 Å². The molecule has 0 saturated heterocycles. The number of nitrogens with two attached hydrogens (primary N) is 2. The molecule has 0 aromatic heterocycles. The minimum atomic E-state index is -0.479. The molecule has 2 aromatic carbocycles. The first-order chi connectivity index (χ1) is 8.56. The minimum Gasteiger partial charge on any atom is -0.397 e. The molecule has 4 nitrogen and oxygen atoms in total. The maximum atomic E-state index is 11.1. The largest absolute Gasteiger partial charge is 0.397 e. The zero-order chi connectivity index (χ0) is 13.1. The summed E-state index contributed by atoms with van der Waals surface area (Å²) in [6.45, 7) is 0. The summed E-state index contributed by atoms with van der Waals surface area (Å²) >= 11 is 3.39. The van der Waals surface area contributed by atoms with Crippen molar-refractivity contribution < 1.29 is 4.79 Å². The molecule has 0 heterocycles. The number of hydrogen-bond donors (Lipinski definition) is 3. The Hall–Kier alpha value is -2.01. The van der Waals surface area contributed by atoms with Crippen LogP contribution in [0, 0.1) is 0 Å². The van der Waals surface area contributed by atoms with Crippen molar-refractivity contribution in [3.63, 3.8) is 0 Å². The minimum absolute atomic E-state index is 0.418. The van der Waals surface area contributed by atoms with Gasteiger partial charge in [-0.2, -0.15) is 0 Å². The van der Waals surface area contributed by atoms with Crippen LogP contribution in [0.25, 0.3) is 0 Å². The first kappa shape index (κ1) is 12.4. The number of amides is 1. The van der Waals surface area contributed by atoms with Crippen LogP contribution in [0.5, 0.6) is 0 Å². The molecular weight excluding hydrogens is 294 g/mol. The monoisotopic (exact) mass is 305 g/mol. The summed E-state index contributed by atoms with van der Waals surface area (Å²) < 4.78 is 0.956. The highest BCUT2D eigenvalue weighted by Gasteiger charge is 2.05. The van der Waals surface area contributed by atoms with Crippen molar-refractivity contribution in [2.75, 3.05) is 11.1 Å². The summed E-state index contributed by atoms with van der Waals surface area (Å²) in [4.78, 5) is 11.1. The van der Waals surface area contributed by atoms with Crippen molar-refractivity contribution in [3.8, 4) is 0 Å². The molecule has 2 rings (SSSR count). The molecule has 5 N–H and O–H groups in total. The molecule has 2 aromatic rings. The maximum Gasteiger partial charge on any atom is 0.248 e. The first-order valence-corrected chi connectivity index (χ1v) is 6.07. The summed E-state index contributed by atoms with van der Waals surface area (Å²) in [6, 6.07) is 12.5. The van der Waals surface area contributed by atoms with E-state index in [1.807, 2.05) is 24.3 Å². The molecule has 0 fully saturated rings. The van der Waals surface area contributed by atoms with Crippen LogP contribution in [0.2, 0.25) is 0 Å². The highest BCUT2D eigenvalue weighted by molar-refractivity contribution is 9.10. The second-order valence-electron chi connectivity index (χ2n) is 3.80. The molecule has 1 amide bonds. The quantitative estimate of drug-likeness (QED) is 0.763. The Morgan fingerprint density at radius 2 is 1.94 bits per heavy atom. The van der Waals surface area contributed by atoms with Crippen LogP contribution in [0.15, 0.2) is 46.9 Å². The van der Waals surface area contributed by atoms with Crippen LogP contribution in [0.3, 0.4) is 0 Å². The number of nitrogens with one attached hydrogen (secondary N) is 1. The van der Waals surface area contributed by atoms with Gasteiger partial charge in [0.05, 0.1) is 11.4 Å². The lowest BCUT2D eigenvalue weighted by Gasteiger charge is -2.10. The van der Waals surface area contributed by atoms with Crippen molar-refractivity contribution in [1.82, 2.24) is 0 Å². The average Bonchev–Trinajstić information content (AvgIpc) is 2.31. The second kappa shape index (κ2) is 5.10. The maximum absolute atomic E-state index is 11.1. The summed E-state index contributed by atoms with van der Waals surface area (Å²) in [7, 11) is 0. The molecule has 0 aliphatic carbocycles. The molecule has 0 bridgehead atoms. The van der Waals surface area contributed by atoms with Crippen LogP contribution in [0.1, 0.15) is 10.4 Å². The Morgan fingerprint density at radius 3 is 2.61 bits per heavy atom. The molecule has 5 heteroatoms. The van der Waals surface area contributed by atoms with Crippen LogP contribution in [-0.4, -0.2) is 5.91 Å². The number of anilines is 3. The van der Waals surface area contributed by atoms with Crippen molar-refractivity contribution >= 4 is 38.9 Å². The van der Waals surface area contributed by atoms with E-state index in [9.17, 15) is 4.79 Å². The summed E-state index contributed by atoms with van der Waals surface area (Å²) in [5.41, 5.74) is 13.6. The van der Waals surface area contributed by atoms with E-state index < -0.39 is 5.91 Å². The summed E-state index contributed by atoms with van der Waals surface area (Å²) in [6.07, 6.45) is 0. The van der Waals surface area contributed by atoms with E-state index in [4.69, 9.17) is 11.5 Å². The van der Waals surface area contributed by atoms with E-state index in [0.717, 1.165) is 10.2 Å². The van der Waals surface area contributed by atoms with E-state index in [0.29, 0.717) is 16.9 Å². The molecule has 0 atom stereocenters. The molecule has 18 heavy (non-hydrogen) atoms. The number of rotatable bonds is 3. The molecule has 0 aliphatic heterocycles. The Kier molecular flexibility index (Phi) is 3.53. The second-order valence-corrected chi connectivity index (χ2v) is 4.72. The van der Waals surface area contributed by atoms with Gasteiger partial charge in [0.25, 0.3) is 0 Å². The lowest BCUT2D eigenvalue weighted by atomic mass is 10.1. The van der Waals surface area contributed by atoms with Gasteiger partial charge in [0.15, 0.2) is 0 Å². The topological polar surface area (TPSA) is 81.1 Å². The van der Waals surface area contributed by atoms with E-state index in [1.54, 1.807) is 18.2 Å². The van der Waals surface area contributed by atoms with Gasteiger partial charge in [0.2, 0.25) is 5.91 Å². The predicted octanol–water partition coefficient (Wildman–Crippen LogP) is 2.87. The average molecular weight is 306 g/mol. The Bertz CT molecular complexity index is 599. The fraction of sp³-hybridized carbons (Fsp3) is 0. The van der Waals surface area contributed by atoms with Crippen LogP contribution in [0.4, 0.5) is 17.1 Å². The summed E-state index contributed by atoms with van der Waals surface area (Å²) in [5, 5.41) is 3.15. The van der Waals surface area contributed by atoms with Gasteiger partial charge in [-0.05, 0) is 36.4 Å². The lowest BCUT2D eigenvalue weighted by Crippen LogP contribution is -2.11. The Balaban J connectivity index is 2.33. The standard InChI is InChI=1S/C13H12BrN3O/c14-9-2-1-3-10(7-9)17-12-6-8(13(16)18)4-5-11(12)15/h1-7,17H,15H2,(H2,16,18). The number of nitrogen functional groups attached to an aromatic ring is 1. The van der Waals surface area contributed by atoms with Crippen molar-refractivity contribution in [1.29, 1.82) is 0 Å². The van der Waals surface area contributed by atoms with E-state index in [-0.39, 0.29) is 0 Å². The van der Waals surface area contributed by atoms with Gasteiger partial charge in [0, 0.05) is 15.7 Å². The van der Waals surface area contributed by atoms with Crippen molar-refractivity contribution in [2.24, 2.45) is 5.73 Å². The predicted molar refractivity (Wildman–Crippen MR) is 76.8 cm³/mol. The van der Waals surface area contributed by atoms with Crippen LogP contribution in [-0.2, 0) is 0 Å². The van der Waals surface area contributed by atoms with Crippen LogP contribution >= 0.6 is 15.9 Å². The van der Waals surface area contributed by atoms with Gasteiger partial charge in [-0.1, -0.05) is 22.0 Å². The molecular formula is C13H12BrN3O. The fourth-order valence-corrected chi connectivity index (χ4v) is 1.94. The van der Waals surface area contributed by atoms with E-state index in [2.05, 4.69) is 21.2 Å². The number of halogens is 1. The van der Waals surface area contributed by atoms with Gasteiger partial charge < -0.3 is 16.8 Å². The van der Waals surface area contributed by atoms with Crippen LogP contribution < -0.4 is 16.8 Å². The van der Waals surface area contributed by atoms with E-state index in [1.165, 1.54) is 0 Å². The molecule has 92 valence electrons. The molecule has 0 spiro atoms. The number of hydrogen-bond acceptors (Lipinski definition) is 3. The number of primary amides is 1. The Morgan fingerprint density at radius 1 is 1.17 bits per heavy atom. The molecule has 0 unspecified atom stereocenters. The third-order valence-electron chi connectivity index (χ3n) is 2.44. The number of carbonyl (C=O) groups is 1. The molecule has 0 saturated carbocycles. The third-order valence-corrected chi connectivity index (χ3v) is 2.93. The smallest absolute Gasteiger partial charge is 0.248 e. The number of carbonyl (C=O) groups excluding carboxylic acids is 1. The lowest BCUT2D eigenvalue weighted by molar-refractivity contribution is 0.100. The SMILES string of the molecule is NC(=O)c1ccc(N)c(Nc2cccc(Br)c2)c1.